The molecule has 0 amide bonds. The minimum atomic E-state index is 0.389. The van der Waals surface area contributed by atoms with Crippen LogP contribution < -0.4 is 5.32 Å². The molecule has 48 valence electrons. The van der Waals surface area contributed by atoms with Crippen LogP contribution in [0.1, 0.15) is 12.8 Å². The lowest BCUT2D eigenvalue weighted by Gasteiger charge is -2.19. The molecule has 1 saturated heterocycles. The van der Waals surface area contributed by atoms with Crippen molar-refractivity contribution in [3.8, 4) is 0 Å². The van der Waals surface area contributed by atoms with Crippen LogP contribution in [0.25, 0.3) is 0 Å². The Morgan fingerprint density at radius 1 is 1.38 bits per heavy atom. The van der Waals surface area contributed by atoms with E-state index in [9.17, 15) is 0 Å². The number of piperidine rings is 1. The lowest BCUT2D eigenvalue weighted by Crippen LogP contribution is -2.30. The van der Waals surface area contributed by atoms with Crippen LogP contribution in [-0.2, 0) is 4.18 Å². The SMILES string of the molecule is SOC1CCNCC1. The molecule has 1 fully saturated rings. The van der Waals surface area contributed by atoms with Gasteiger partial charge < -0.3 is 9.50 Å². The summed E-state index contributed by atoms with van der Waals surface area (Å²) >= 11 is 3.74. The summed E-state index contributed by atoms with van der Waals surface area (Å²) in [6, 6.07) is 0. The van der Waals surface area contributed by atoms with Gasteiger partial charge in [0, 0.05) is 0 Å². The van der Waals surface area contributed by atoms with Crippen molar-refractivity contribution in [2.75, 3.05) is 13.1 Å². The first-order chi connectivity index (χ1) is 3.93. The molecular formula is C5H11NOS. The van der Waals surface area contributed by atoms with E-state index in [4.69, 9.17) is 4.18 Å². The van der Waals surface area contributed by atoms with Crippen LogP contribution in [0.3, 0.4) is 0 Å². The molecule has 0 atom stereocenters. The highest BCUT2D eigenvalue weighted by atomic mass is 32.1. The molecule has 0 bridgehead atoms. The van der Waals surface area contributed by atoms with Crippen molar-refractivity contribution in [1.29, 1.82) is 0 Å². The summed E-state index contributed by atoms with van der Waals surface area (Å²) in [5, 5.41) is 3.24. The Balaban J connectivity index is 2.13. The standard InChI is InChI=1S/C5H11NOS/c8-7-5-1-3-6-4-2-5/h5-6,8H,1-4H2. The molecule has 2 nitrogen and oxygen atoms in total. The van der Waals surface area contributed by atoms with Crippen molar-refractivity contribution < 1.29 is 4.18 Å². The van der Waals surface area contributed by atoms with Crippen LogP contribution in [0.15, 0.2) is 0 Å². The monoisotopic (exact) mass is 133 g/mol. The highest BCUT2D eigenvalue weighted by molar-refractivity contribution is 7.75. The highest BCUT2D eigenvalue weighted by Gasteiger charge is 2.10. The van der Waals surface area contributed by atoms with E-state index in [1.54, 1.807) is 0 Å². The van der Waals surface area contributed by atoms with Crippen LogP contribution in [0, 0.1) is 0 Å². The second-order valence-electron chi connectivity index (χ2n) is 2.05. The first-order valence-corrected chi connectivity index (χ1v) is 3.31. The van der Waals surface area contributed by atoms with Gasteiger partial charge in [-0.05, 0) is 38.8 Å². The summed E-state index contributed by atoms with van der Waals surface area (Å²) in [5.41, 5.74) is 0. The van der Waals surface area contributed by atoms with Gasteiger partial charge in [-0.15, -0.1) is 0 Å². The molecule has 1 heterocycles. The van der Waals surface area contributed by atoms with Gasteiger partial charge in [0.2, 0.25) is 0 Å². The van der Waals surface area contributed by atoms with Crippen LogP contribution in [0.4, 0.5) is 0 Å². The Morgan fingerprint density at radius 2 is 2.00 bits per heavy atom. The van der Waals surface area contributed by atoms with Crippen molar-refractivity contribution >= 4 is 12.9 Å². The molecule has 0 aromatic rings. The molecule has 0 saturated carbocycles. The molecule has 1 rings (SSSR count). The molecule has 1 N–H and O–H groups in total. The zero-order valence-electron chi connectivity index (χ0n) is 4.76. The first-order valence-electron chi connectivity index (χ1n) is 2.94. The van der Waals surface area contributed by atoms with Gasteiger partial charge in [-0.1, -0.05) is 0 Å². The number of hydrogen-bond acceptors (Lipinski definition) is 3. The van der Waals surface area contributed by atoms with E-state index in [0.29, 0.717) is 6.10 Å². The highest BCUT2D eigenvalue weighted by Crippen LogP contribution is 2.07. The van der Waals surface area contributed by atoms with Gasteiger partial charge in [0.05, 0.1) is 6.10 Å². The average Bonchev–Trinajstić information content (AvgIpc) is 1.90. The van der Waals surface area contributed by atoms with Crippen molar-refractivity contribution in [1.82, 2.24) is 5.32 Å². The van der Waals surface area contributed by atoms with Gasteiger partial charge in [0.1, 0.15) is 0 Å². The van der Waals surface area contributed by atoms with Crippen LogP contribution in [0.5, 0.6) is 0 Å². The summed E-state index contributed by atoms with van der Waals surface area (Å²) < 4.78 is 4.85. The Kier molecular flexibility index (Phi) is 2.66. The normalized spacial score (nSPS) is 23.6. The second kappa shape index (κ2) is 3.33. The maximum absolute atomic E-state index is 4.85. The van der Waals surface area contributed by atoms with Crippen molar-refractivity contribution in [3.05, 3.63) is 0 Å². The quantitative estimate of drug-likeness (QED) is 0.404. The average molecular weight is 133 g/mol. The largest absolute Gasteiger partial charge is 0.317 e. The summed E-state index contributed by atoms with van der Waals surface area (Å²) in [4.78, 5) is 0. The topological polar surface area (TPSA) is 21.3 Å². The smallest absolute Gasteiger partial charge is 0.0743 e. The molecule has 0 unspecified atom stereocenters. The van der Waals surface area contributed by atoms with Gasteiger partial charge >= 0.3 is 0 Å². The lowest BCUT2D eigenvalue weighted by atomic mass is 10.1. The second-order valence-corrected chi connectivity index (χ2v) is 2.27. The third-order valence-electron chi connectivity index (χ3n) is 1.44. The van der Waals surface area contributed by atoms with Crippen molar-refractivity contribution in [2.24, 2.45) is 0 Å². The number of rotatable bonds is 1. The van der Waals surface area contributed by atoms with Gasteiger partial charge in [0.25, 0.3) is 0 Å². The summed E-state index contributed by atoms with van der Waals surface area (Å²) in [6.45, 7) is 2.15. The van der Waals surface area contributed by atoms with E-state index in [1.165, 1.54) is 0 Å². The Labute approximate surface area is 55.2 Å². The molecule has 8 heavy (non-hydrogen) atoms. The van der Waals surface area contributed by atoms with Gasteiger partial charge in [-0.25, -0.2) is 0 Å². The lowest BCUT2D eigenvalue weighted by molar-refractivity contribution is 0.198. The van der Waals surface area contributed by atoms with E-state index in [0.717, 1.165) is 25.9 Å². The number of hydrogen-bond donors (Lipinski definition) is 2. The molecule has 1 aliphatic heterocycles. The third-order valence-corrected chi connectivity index (χ3v) is 1.73. The summed E-state index contributed by atoms with van der Waals surface area (Å²) in [7, 11) is 0. The van der Waals surface area contributed by atoms with Crippen molar-refractivity contribution in [3.63, 3.8) is 0 Å². The van der Waals surface area contributed by atoms with Gasteiger partial charge in [-0.3, -0.25) is 0 Å². The fourth-order valence-electron chi connectivity index (χ4n) is 0.901. The summed E-state index contributed by atoms with van der Waals surface area (Å²) in [5.74, 6) is 0. The fourth-order valence-corrected chi connectivity index (χ4v) is 1.11. The molecular weight excluding hydrogens is 122 g/mol. The maximum Gasteiger partial charge on any atom is 0.0743 e. The molecule has 0 radical (unpaired) electrons. The van der Waals surface area contributed by atoms with E-state index in [1.807, 2.05) is 0 Å². The van der Waals surface area contributed by atoms with E-state index in [2.05, 4.69) is 18.2 Å². The zero-order valence-corrected chi connectivity index (χ0v) is 5.66. The summed E-state index contributed by atoms with van der Waals surface area (Å²) in [6.07, 6.45) is 2.59. The third kappa shape index (κ3) is 1.65. The van der Waals surface area contributed by atoms with Crippen LogP contribution in [0.2, 0.25) is 0 Å². The molecule has 0 aliphatic carbocycles. The molecule has 0 aromatic heterocycles. The van der Waals surface area contributed by atoms with Crippen LogP contribution in [-0.4, -0.2) is 19.2 Å². The molecule has 0 spiro atoms. The zero-order chi connectivity index (χ0) is 5.82. The van der Waals surface area contributed by atoms with Crippen molar-refractivity contribution in [2.45, 2.75) is 18.9 Å². The Morgan fingerprint density at radius 3 is 2.38 bits per heavy atom. The predicted octanol–water partition coefficient (Wildman–Crippen LogP) is 0.600. The molecule has 3 heteroatoms. The number of nitrogens with one attached hydrogen (secondary N) is 1. The van der Waals surface area contributed by atoms with E-state index in [-0.39, 0.29) is 0 Å². The van der Waals surface area contributed by atoms with Gasteiger partial charge in [-0.2, -0.15) is 0 Å². The molecule has 1 aliphatic rings. The Hall–Kier alpha value is 0.270. The minimum absolute atomic E-state index is 0.389. The fraction of sp³-hybridized carbons (Fsp3) is 1.00. The first kappa shape index (κ1) is 6.39. The number of thiol groups is 1. The maximum atomic E-state index is 4.85. The van der Waals surface area contributed by atoms with Crippen LogP contribution >= 0.6 is 12.9 Å². The Bertz CT molecular complexity index is 63.4. The van der Waals surface area contributed by atoms with Gasteiger partial charge in [0.15, 0.2) is 0 Å². The predicted molar refractivity (Wildman–Crippen MR) is 36.0 cm³/mol. The van der Waals surface area contributed by atoms with E-state index >= 15 is 0 Å². The minimum Gasteiger partial charge on any atom is -0.317 e. The van der Waals surface area contributed by atoms with E-state index < -0.39 is 0 Å². The molecule has 0 aromatic carbocycles.